The van der Waals surface area contributed by atoms with Crippen LogP contribution in [0.5, 0.6) is 5.75 Å². The van der Waals surface area contributed by atoms with Crippen LogP contribution in [0.1, 0.15) is 11.1 Å². The molecule has 0 spiro atoms. The van der Waals surface area contributed by atoms with E-state index < -0.39 is 0 Å². The molecule has 0 bridgehead atoms. The summed E-state index contributed by atoms with van der Waals surface area (Å²) in [6.45, 7) is 5.68. The fourth-order valence-corrected chi connectivity index (χ4v) is 4.26. The maximum absolute atomic E-state index is 12.3. The first-order chi connectivity index (χ1) is 13.6. The van der Waals surface area contributed by atoms with Gasteiger partial charge in [-0.15, -0.1) is 0 Å². The maximum atomic E-state index is 12.3. The van der Waals surface area contributed by atoms with Gasteiger partial charge in [0.2, 0.25) is 0 Å². The van der Waals surface area contributed by atoms with Gasteiger partial charge in [0, 0.05) is 31.9 Å². The predicted octanol–water partition coefficient (Wildman–Crippen LogP) is 3.80. The molecule has 144 valence electrons. The smallest absolute Gasteiger partial charge is 0.286 e. The highest BCUT2D eigenvalue weighted by Crippen LogP contribution is 2.31. The number of hydrogen-bond donors (Lipinski definition) is 0. The van der Waals surface area contributed by atoms with E-state index in [1.54, 1.807) is 7.11 Å². The highest BCUT2D eigenvalue weighted by atomic mass is 32.2. The van der Waals surface area contributed by atoms with E-state index in [0.29, 0.717) is 4.91 Å². The number of thioether (sulfide) groups is 1. The number of hydrogen-bond acceptors (Lipinski definition) is 5. The molecule has 2 aromatic carbocycles. The molecule has 0 aromatic heterocycles. The largest absolute Gasteiger partial charge is 0.497 e. The molecule has 1 amide bonds. The minimum absolute atomic E-state index is 0.156. The second-order valence-electron chi connectivity index (χ2n) is 6.89. The molecule has 0 radical (unpaired) electrons. The summed E-state index contributed by atoms with van der Waals surface area (Å²) in [7, 11) is 1.64. The van der Waals surface area contributed by atoms with E-state index in [9.17, 15) is 4.79 Å². The Morgan fingerprint density at radius 3 is 2.25 bits per heavy atom. The van der Waals surface area contributed by atoms with Gasteiger partial charge in [-0.1, -0.05) is 29.8 Å². The molecule has 0 saturated carbocycles. The molecule has 28 heavy (non-hydrogen) atoms. The molecule has 2 aromatic rings. The minimum Gasteiger partial charge on any atom is -0.497 e. The van der Waals surface area contributed by atoms with E-state index in [1.165, 1.54) is 23.0 Å². The summed E-state index contributed by atoms with van der Waals surface area (Å²) in [4.78, 5) is 21.9. The van der Waals surface area contributed by atoms with Gasteiger partial charge in [-0.2, -0.15) is 4.99 Å². The number of anilines is 1. The quantitative estimate of drug-likeness (QED) is 0.743. The molecule has 1 fully saturated rings. The van der Waals surface area contributed by atoms with Crippen LogP contribution in [0.3, 0.4) is 0 Å². The third-order valence-electron chi connectivity index (χ3n) is 4.97. The van der Waals surface area contributed by atoms with Crippen molar-refractivity contribution < 1.29 is 9.53 Å². The Kier molecular flexibility index (Phi) is 5.39. The van der Waals surface area contributed by atoms with E-state index in [0.717, 1.165) is 42.7 Å². The summed E-state index contributed by atoms with van der Waals surface area (Å²) in [5, 5.41) is 0.813. The molecule has 6 heteroatoms. The number of carbonyl (C=O) groups is 1. The zero-order valence-electron chi connectivity index (χ0n) is 16.1. The highest BCUT2D eigenvalue weighted by Gasteiger charge is 2.28. The minimum atomic E-state index is -0.156. The first-order valence-corrected chi connectivity index (χ1v) is 10.2. The number of amidine groups is 1. The van der Waals surface area contributed by atoms with Gasteiger partial charge in [-0.3, -0.25) is 4.79 Å². The van der Waals surface area contributed by atoms with Crippen LogP contribution in [-0.4, -0.2) is 49.3 Å². The Morgan fingerprint density at radius 2 is 1.61 bits per heavy atom. The second-order valence-corrected chi connectivity index (χ2v) is 7.90. The zero-order chi connectivity index (χ0) is 19.5. The monoisotopic (exact) mass is 393 g/mol. The molecule has 4 rings (SSSR count). The van der Waals surface area contributed by atoms with Crippen molar-refractivity contribution in [1.82, 2.24) is 4.90 Å². The number of benzene rings is 2. The predicted molar refractivity (Wildman–Crippen MR) is 116 cm³/mol. The summed E-state index contributed by atoms with van der Waals surface area (Å²) < 4.78 is 5.18. The van der Waals surface area contributed by atoms with Crippen molar-refractivity contribution in [3.8, 4) is 5.75 Å². The normalized spacial score (nSPS) is 18.6. The van der Waals surface area contributed by atoms with Gasteiger partial charge < -0.3 is 14.5 Å². The topological polar surface area (TPSA) is 45.1 Å². The van der Waals surface area contributed by atoms with E-state index in [-0.39, 0.29) is 5.91 Å². The first-order valence-electron chi connectivity index (χ1n) is 9.35. The number of carbonyl (C=O) groups excluding carboxylic acids is 1. The lowest BCUT2D eigenvalue weighted by atomic mass is 10.2. The summed E-state index contributed by atoms with van der Waals surface area (Å²) in [5.74, 6) is 0.646. The van der Waals surface area contributed by atoms with Gasteiger partial charge in [0.25, 0.3) is 5.91 Å². The standard InChI is InChI=1S/C22H23N3O2S/c1-16-3-7-18(8-4-16)24-11-13-25(14-12-24)22-23-21(26)20(28-22)15-17-5-9-19(27-2)10-6-17/h3-10,15H,11-14H2,1-2H3/b20-15+. The van der Waals surface area contributed by atoms with Crippen LogP contribution in [0.2, 0.25) is 0 Å². The number of ether oxygens (including phenoxy) is 1. The number of rotatable bonds is 3. The second kappa shape index (κ2) is 8.10. The average molecular weight is 394 g/mol. The highest BCUT2D eigenvalue weighted by molar-refractivity contribution is 8.18. The molecule has 1 saturated heterocycles. The molecule has 0 aliphatic carbocycles. The molecular formula is C22H23N3O2S. The lowest BCUT2D eigenvalue weighted by Gasteiger charge is -2.36. The van der Waals surface area contributed by atoms with Gasteiger partial charge >= 0.3 is 0 Å². The molecular weight excluding hydrogens is 370 g/mol. The van der Waals surface area contributed by atoms with E-state index in [4.69, 9.17) is 4.74 Å². The number of nitrogens with zero attached hydrogens (tertiary/aromatic N) is 3. The van der Waals surface area contributed by atoms with Crippen molar-refractivity contribution in [1.29, 1.82) is 0 Å². The Bertz CT molecular complexity index is 912. The van der Waals surface area contributed by atoms with Crippen molar-refractivity contribution >= 4 is 34.6 Å². The summed E-state index contributed by atoms with van der Waals surface area (Å²) >= 11 is 1.47. The van der Waals surface area contributed by atoms with Crippen molar-refractivity contribution in [3.63, 3.8) is 0 Å². The third-order valence-corrected chi connectivity index (χ3v) is 6.02. The van der Waals surface area contributed by atoms with Crippen LogP contribution in [-0.2, 0) is 4.79 Å². The number of methoxy groups -OCH3 is 1. The molecule has 5 nitrogen and oxygen atoms in total. The Labute approximate surface area is 169 Å². The van der Waals surface area contributed by atoms with Crippen molar-refractivity contribution in [2.24, 2.45) is 4.99 Å². The lowest BCUT2D eigenvalue weighted by Crippen LogP contribution is -2.47. The zero-order valence-corrected chi connectivity index (χ0v) is 16.9. The number of amides is 1. The third kappa shape index (κ3) is 4.07. The van der Waals surface area contributed by atoms with Gasteiger partial charge in [0.1, 0.15) is 5.75 Å². The molecule has 2 aliphatic heterocycles. The summed E-state index contributed by atoms with van der Waals surface area (Å²) in [6, 6.07) is 16.3. The average Bonchev–Trinajstić information content (AvgIpc) is 3.09. The van der Waals surface area contributed by atoms with Crippen LogP contribution in [0.4, 0.5) is 5.69 Å². The van der Waals surface area contributed by atoms with E-state index >= 15 is 0 Å². The van der Waals surface area contributed by atoms with E-state index in [1.807, 2.05) is 30.3 Å². The van der Waals surface area contributed by atoms with Crippen molar-refractivity contribution in [2.45, 2.75) is 6.92 Å². The van der Waals surface area contributed by atoms with Gasteiger partial charge in [0.15, 0.2) is 5.17 Å². The Balaban J connectivity index is 1.38. The van der Waals surface area contributed by atoms with Gasteiger partial charge in [-0.05, 0) is 54.6 Å². The molecule has 2 heterocycles. The molecule has 0 unspecified atom stereocenters. The number of piperazine rings is 1. The fraction of sp³-hybridized carbons (Fsp3) is 0.273. The van der Waals surface area contributed by atoms with Crippen LogP contribution in [0, 0.1) is 6.92 Å². The Hall–Kier alpha value is -2.73. The van der Waals surface area contributed by atoms with Crippen LogP contribution >= 0.6 is 11.8 Å². The van der Waals surface area contributed by atoms with Crippen LogP contribution < -0.4 is 9.64 Å². The molecule has 2 aliphatic rings. The van der Waals surface area contributed by atoms with Gasteiger partial charge in [-0.25, -0.2) is 0 Å². The first kappa shape index (κ1) is 18.6. The maximum Gasteiger partial charge on any atom is 0.286 e. The van der Waals surface area contributed by atoms with Crippen molar-refractivity contribution in [3.05, 3.63) is 64.6 Å². The fourth-order valence-electron chi connectivity index (χ4n) is 3.30. The SMILES string of the molecule is COc1ccc(/C=C2/SC(N3CCN(c4ccc(C)cc4)CC3)=NC2=O)cc1. The van der Waals surface area contributed by atoms with Crippen molar-refractivity contribution in [2.75, 3.05) is 38.2 Å². The molecule has 0 N–H and O–H groups in total. The van der Waals surface area contributed by atoms with Crippen LogP contribution in [0.15, 0.2) is 58.4 Å². The molecule has 0 atom stereocenters. The van der Waals surface area contributed by atoms with Crippen LogP contribution in [0.25, 0.3) is 6.08 Å². The lowest BCUT2D eigenvalue weighted by molar-refractivity contribution is -0.113. The Morgan fingerprint density at radius 1 is 0.964 bits per heavy atom. The number of aliphatic imine (C=N–C) groups is 1. The summed E-state index contributed by atoms with van der Waals surface area (Å²) in [6.07, 6.45) is 1.89. The summed E-state index contributed by atoms with van der Waals surface area (Å²) in [5.41, 5.74) is 3.49. The van der Waals surface area contributed by atoms with Gasteiger partial charge in [0.05, 0.1) is 12.0 Å². The number of aryl methyl sites for hydroxylation is 1. The van der Waals surface area contributed by atoms with E-state index in [2.05, 4.69) is 46.0 Å².